The van der Waals surface area contributed by atoms with E-state index in [1.807, 2.05) is 24.5 Å². The lowest BCUT2D eigenvalue weighted by atomic mass is 9.88. The quantitative estimate of drug-likeness (QED) is 0.844. The van der Waals surface area contributed by atoms with Gasteiger partial charge in [-0.25, -0.2) is 4.79 Å². The molecule has 0 bridgehead atoms. The van der Waals surface area contributed by atoms with Crippen molar-refractivity contribution in [3.05, 3.63) is 29.3 Å². The van der Waals surface area contributed by atoms with Crippen LogP contribution < -0.4 is 4.74 Å². The van der Waals surface area contributed by atoms with Gasteiger partial charge < -0.3 is 14.6 Å². The molecule has 0 heterocycles. The van der Waals surface area contributed by atoms with Crippen LogP contribution in [0.4, 0.5) is 0 Å². The molecule has 0 aromatic heterocycles. The molecule has 122 valence electrons. The van der Waals surface area contributed by atoms with Gasteiger partial charge >= 0.3 is 5.97 Å². The highest BCUT2D eigenvalue weighted by molar-refractivity contribution is 7.99. The number of fused-ring (bicyclic) bond motifs is 1. The summed E-state index contributed by atoms with van der Waals surface area (Å²) < 4.78 is 11.1. The molecule has 0 amide bonds. The average Bonchev–Trinajstić information content (AvgIpc) is 2.46. The van der Waals surface area contributed by atoms with Gasteiger partial charge in [-0.3, -0.25) is 0 Å². The zero-order chi connectivity index (χ0) is 16.3. The number of rotatable bonds is 5. The molecule has 1 N–H and O–H groups in total. The fraction of sp³-hybridized carbons (Fsp3) is 0.588. The van der Waals surface area contributed by atoms with Gasteiger partial charge in [-0.05, 0) is 57.1 Å². The van der Waals surface area contributed by atoms with Gasteiger partial charge in [-0.15, -0.1) is 0 Å². The monoisotopic (exact) mass is 324 g/mol. The highest BCUT2D eigenvalue weighted by atomic mass is 32.2. The van der Waals surface area contributed by atoms with Crippen LogP contribution in [0.3, 0.4) is 0 Å². The van der Waals surface area contributed by atoms with Crippen molar-refractivity contribution in [1.29, 1.82) is 0 Å². The maximum Gasteiger partial charge on any atom is 0.349 e. The number of hydrogen-bond acceptors (Lipinski definition) is 5. The number of hydrogen-bond donors (Lipinski definition) is 1. The third-order valence-electron chi connectivity index (χ3n) is 3.93. The molecule has 2 atom stereocenters. The van der Waals surface area contributed by atoms with E-state index in [1.165, 1.54) is 0 Å². The van der Waals surface area contributed by atoms with Crippen molar-refractivity contribution in [3.8, 4) is 5.75 Å². The molecule has 1 aromatic carbocycles. The number of thioether (sulfide) groups is 1. The van der Waals surface area contributed by atoms with E-state index >= 15 is 0 Å². The Kier molecular flexibility index (Phi) is 5.40. The SMILES string of the molecule is CCOC(=O)C(C)(C)Oc1cccc2c1CC(SC)C(O)C2. The van der Waals surface area contributed by atoms with Gasteiger partial charge in [0.05, 0.1) is 12.7 Å². The first kappa shape index (κ1) is 17.2. The zero-order valence-electron chi connectivity index (χ0n) is 13.6. The van der Waals surface area contributed by atoms with Crippen molar-refractivity contribution in [1.82, 2.24) is 0 Å². The Morgan fingerprint density at radius 3 is 2.77 bits per heavy atom. The third-order valence-corrected chi connectivity index (χ3v) is 5.01. The van der Waals surface area contributed by atoms with Crippen LogP contribution >= 0.6 is 11.8 Å². The van der Waals surface area contributed by atoms with Crippen molar-refractivity contribution >= 4 is 17.7 Å². The summed E-state index contributed by atoms with van der Waals surface area (Å²) in [6.07, 6.45) is 3.03. The van der Waals surface area contributed by atoms with E-state index in [0.717, 1.165) is 17.5 Å². The van der Waals surface area contributed by atoms with Crippen LogP contribution in [-0.2, 0) is 22.4 Å². The van der Waals surface area contributed by atoms with E-state index in [1.54, 1.807) is 32.5 Å². The molecule has 0 saturated heterocycles. The van der Waals surface area contributed by atoms with E-state index in [2.05, 4.69) is 0 Å². The minimum Gasteiger partial charge on any atom is -0.476 e. The first-order valence-corrected chi connectivity index (χ1v) is 8.85. The van der Waals surface area contributed by atoms with Crippen LogP contribution in [0.5, 0.6) is 5.75 Å². The van der Waals surface area contributed by atoms with Crippen LogP contribution in [-0.4, -0.2) is 40.9 Å². The van der Waals surface area contributed by atoms with Crippen molar-refractivity contribution in [2.24, 2.45) is 0 Å². The molecule has 5 heteroatoms. The largest absolute Gasteiger partial charge is 0.476 e. The molecule has 1 aliphatic carbocycles. The number of benzene rings is 1. The lowest BCUT2D eigenvalue weighted by Crippen LogP contribution is -2.40. The van der Waals surface area contributed by atoms with Crippen molar-refractivity contribution in [2.75, 3.05) is 12.9 Å². The molecule has 2 rings (SSSR count). The average molecular weight is 324 g/mol. The Morgan fingerprint density at radius 1 is 1.41 bits per heavy atom. The first-order valence-electron chi connectivity index (χ1n) is 7.57. The lowest BCUT2D eigenvalue weighted by Gasteiger charge is -2.32. The Labute approximate surface area is 136 Å². The van der Waals surface area contributed by atoms with Crippen LogP contribution in [0.1, 0.15) is 31.9 Å². The molecule has 0 aliphatic heterocycles. The van der Waals surface area contributed by atoms with Gasteiger partial charge in [0.25, 0.3) is 0 Å². The van der Waals surface area contributed by atoms with Gasteiger partial charge in [0.15, 0.2) is 5.60 Å². The maximum absolute atomic E-state index is 12.0. The van der Waals surface area contributed by atoms with Gasteiger partial charge in [-0.1, -0.05) is 12.1 Å². The summed E-state index contributed by atoms with van der Waals surface area (Å²) in [5.74, 6) is 0.339. The van der Waals surface area contributed by atoms with Crippen LogP contribution in [0.15, 0.2) is 18.2 Å². The molecule has 22 heavy (non-hydrogen) atoms. The normalized spacial score (nSPS) is 21.1. The Hall–Kier alpha value is -1.20. The molecule has 1 aliphatic rings. The Morgan fingerprint density at radius 2 is 2.14 bits per heavy atom. The Bertz CT molecular complexity index is 541. The first-order chi connectivity index (χ1) is 10.4. The fourth-order valence-corrected chi connectivity index (χ4v) is 3.43. The molecule has 4 nitrogen and oxygen atoms in total. The van der Waals surface area contributed by atoms with Crippen LogP contribution in [0, 0.1) is 0 Å². The highest BCUT2D eigenvalue weighted by Gasteiger charge is 2.34. The highest BCUT2D eigenvalue weighted by Crippen LogP contribution is 2.35. The smallest absolute Gasteiger partial charge is 0.349 e. The second kappa shape index (κ2) is 6.92. The number of carbonyl (C=O) groups is 1. The van der Waals surface area contributed by atoms with E-state index in [0.29, 0.717) is 18.8 Å². The second-order valence-corrected chi connectivity index (χ2v) is 7.05. The minimum atomic E-state index is -1.03. The zero-order valence-corrected chi connectivity index (χ0v) is 14.4. The molecule has 0 fully saturated rings. The van der Waals surface area contributed by atoms with Gasteiger partial charge in [-0.2, -0.15) is 11.8 Å². The summed E-state index contributed by atoms with van der Waals surface area (Å²) >= 11 is 1.66. The van der Waals surface area contributed by atoms with Crippen molar-refractivity contribution in [2.45, 2.75) is 50.6 Å². The number of esters is 1. The summed E-state index contributed by atoms with van der Waals surface area (Å²) in [4.78, 5) is 12.0. The summed E-state index contributed by atoms with van der Waals surface area (Å²) in [6.45, 7) is 5.55. The van der Waals surface area contributed by atoms with E-state index < -0.39 is 5.60 Å². The van der Waals surface area contributed by atoms with Crippen molar-refractivity contribution < 1.29 is 19.4 Å². The summed E-state index contributed by atoms with van der Waals surface area (Å²) in [5.41, 5.74) is 1.15. The fourth-order valence-electron chi connectivity index (χ4n) is 2.69. The number of ether oxygens (including phenoxy) is 2. The van der Waals surface area contributed by atoms with Crippen molar-refractivity contribution in [3.63, 3.8) is 0 Å². The topological polar surface area (TPSA) is 55.8 Å². The second-order valence-electron chi connectivity index (χ2n) is 5.98. The maximum atomic E-state index is 12.0. The third kappa shape index (κ3) is 3.58. The predicted molar refractivity (Wildman–Crippen MR) is 88.5 cm³/mol. The van der Waals surface area contributed by atoms with Crippen LogP contribution in [0.25, 0.3) is 0 Å². The van der Waals surface area contributed by atoms with Gasteiger partial charge in [0.1, 0.15) is 5.75 Å². The van der Waals surface area contributed by atoms with Gasteiger partial charge in [0.2, 0.25) is 0 Å². The van der Waals surface area contributed by atoms with Gasteiger partial charge in [0, 0.05) is 5.25 Å². The number of aliphatic hydroxyl groups is 1. The number of carbonyl (C=O) groups excluding carboxylic acids is 1. The lowest BCUT2D eigenvalue weighted by molar-refractivity contribution is -0.158. The molecular weight excluding hydrogens is 300 g/mol. The molecule has 0 spiro atoms. The molecule has 2 unspecified atom stereocenters. The molecule has 0 radical (unpaired) electrons. The predicted octanol–water partition coefficient (Wildman–Crippen LogP) is 2.60. The molecular formula is C17H24O4S. The van der Waals surface area contributed by atoms with Crippen LogP contribution in [0.2, 0.25) is 0 Å². The minimum absolute atomic E-state index is 0.156. The summed E-state index contributed by atoms with van der Waals surface area (Å²) in [6, 6.07) is 5.80. The molecule has 0 saturated carbocycles. The summed E-state index contributed by atoms with van der Waals surface area (Å²) in [5, 5.41) is 10.3. The molecule has 1 aromatic rings. The van der Waals surface area contributed by atoms with E-state index in [9.17, 15) is 9.90 Å². The van der Waals surface area contributed by atoms with E-state index in [4.69, 9.17) is 9.47 Å². The standard InChI is InChI=1S/C17H24O4S/c1-5-20-16(19)17(2,3)21-14-8-6-7-11-9-13(18)15(22-4)10-12(11)14/h6-8,13,15,18H,5,9-10H2,1-4H3. The number of aliphatic hydroxyl groups excluding tert-OH is 1. The Balaban J connectivity index is 2.27. The van der Waals surface area contributed by atoms with E-state index in [-0.39, 0.29) is 17.3 Å². The summed E-state index contributed by atoms with van der Waals surface area (Å²) in [7, 11) is 0.